The van der Waals surface area contributed by atoms with E-state index in [1.807, 2.05) is 12.1 Å². The maximum atomic E-state index is 12.4. The number of amides is 1. The van der Waals surface area contributed by atoms with Gasteiger partial charge in [0.05, 0.1) is 4.92 Å². The average Bonchev–Trinajstić information content (AvgIpc) is 2.74. The van der Waals surface area contributed by atoms with Crippen molar-refractivity contribution in [2.45, 2.75) is 19.3 Å². The van der Waals surface area contributed by atoms with E-state index in [0.29, 0.717) is 24.1 Å². The van der Waals surface area contributed by atoms with Gasteiger partial charge in [0.15, 0.2) is 0 Å². The summed E-state index contributed by atoms with van der Waals surface area (Å²) in [7, 11) is 0. The monoisotopic (exact) mass is 381 g/mol. The summed E-state index contributed by atoms with van der Waals surface area (Å²) in [6.07, 6.45) is 2.77. The zero-order chi connectivity index (χ0) is 19.9. The van der Waals surface area contributed by atoms with E-state index in [9.17, 15) is 19.7 Å². The van der Waals surface area contributed by atoms with Gasteiger partial charge in [-0.2, -0.15) is 0 Å². The molecule has 28 heavy (non-hydrogen) atoms. The van der Waals surface area contributed by atoms with E-state index < -0.39 is 4.92 Å². The summed E-state index contributed by atoms with van der Waals surface area (Å²) in [4.78, 5) is 36.0. The molecule has 1 aliphatic heterocycles. The molecule has 1 amide bonds. The first-order valence-electron chi connectivity index (χ1n) is 9.38. The van der Waals surface area contributed by atoms with Gasteiger partial charge in [0.1, 0.15) is 6.29 Å². The molecule has 0 aliphatic carbocycles. The standard InChI is InChI=1S/C21H23N3O4/c25-15-16-5-7-19(8-6-16)23-13-10-18(11-14-23)21(26)22-12-9-17-3-1-2-4-20(17)24(27)28/h1-8,15,18H,9-14H2,(H,22,26). The Labute approximate surface area is 163 Å². The van der Waals surface area contributed by atoms with Crippen LogP contribution < -0.4 is 10.2 Å². The van der Waals surface area contributed by atoms with Crippen LogP contribution in [-0.4, -0.2) is 36.8 Å². The number of nitro groups is 1. The van der Waals surface area contributed by atoms with Crippen molar-refractivity contribution in [2.24, 2.45) is 5.92 Å². The molecule has 7 heteroatoms. The van der Waals surface area contributed by atoms with Crippen LogP contribution in [0.5, 0.6) is 0 Å². The number of piperidine rings is 1. The van der Waals surface area contributed by atoms with E-state index in [0.717, 1.165) is 37.9 Å². The molecule has 1 saturated heterocycles. The average molecular weight is 381 g/mol. The summed E-state index contributed by atoms with van der Waals surface area (Å²) < 4.78 is 0. The number of aldehydes is 1. The molecule has 0 bridgehead atoms. The van der Waals surface area contributed by atoms with E-state index in [2.05, 4.69) is 10.2 Å². The molecule has 2 aromatic rings. The molecule has 1 heterocycles. The van der Waals surface area contributed by atoms with Crippen LogP contribution in [0.1, 0.15) is 28.8 Å². The van der Waals surface area contributed by atoms with Crippen molar-refractivity contribution in [2.75, 3.05) is 24.5 Å². The highest BCUT2D eigenvalue weighted by atomic mass is 16.6. The van der Waals surface area contributed by atoms with Crippen molar-refractivity contribution >= 4 is 23.6 Å². The molecule has 0 saturated carbocycles. The highest BCUT2D eigenvalue weighted by Gasteiger charge is 2.25. The van der Waals surface area contributed by atoms with E-state index in [4.69, 9.17) is 0 Å². The number of hydrogen-bond donors (Lipinski definition) is 1. The molecule has 0 aromatic heterocycles. The number of nitrogens with zero attached hydrogens (tertiary/aromatic N) is 2. The maximum absolute atomic E-state index is 12.4. The first-order chi connectivity index (χ1) is 13.6. The number of benzene rings is 2. The van der Waals surface area contributed by atoms with Crippen molar-refractivity contribution in [1.29, 1.82) is 0 Å². The summed E-state index contributed by atoms with van der Waals surface area (Å²) in [5, 5.41) is 14.0. The second-order valence-electron chi connectivity index (χ2n) is 6.90. The second-order valence-corrected chi connectivity index (χ2v) is 6.90. The van der Waals surface area contributed by atoms with E-state index in [1.165, 1.54) is 6.07 Å². The zero-order valence-corrected chi connectivity index (χ0v) is 15.5. The summed E-state index contributed by atoms with van der Waals surface area (Å²) in [5.74, 6) is -0.0363. The molecule has 7 nitrogen and oxygen atoms in total. The van der Waals surface area contributed by atoms with Gasteiger partial charge >= 0.3 is 0 Å². The van der Waals surface area contributed by atoms with Crippen LogP contribution >= 0.6 is 0 Å². The topological polar surface area (TPSA) is 92.6 Å². The number of rotatable bonds is 7. The third-order valence-electron chi connectivity index (χ3n) is 5.14. The fourth-order valence-electron chi connectivity index (χ4n) is 3.53. The third kappa shape index (κ3) is 4.73. The van der Waals surface area contributed by atoms with Crippen LogP contribution in [0.25, 0.3) is 0 Å². The van der Waals surface area contributed by atoms with Gasteiger partial charge in [0, 0.05) is 48.4 Å². The van der Waals surface area contributed by atoms with Gasteiger partial charge in [-0.05, 0) is 43.5 Å². The third-order valence-corrected chi connectivity index (χ3v) is 5.14. The lowest BCUT2D eigenvalue weighted by atomic mass is 9.95. The highest BCUT2D eigenvalue weighted by molar-refractivity contribution is 5.79. The molecule has 2 aromatic carbocycles. The quantitative estimate of drug-likeness (QED) is 0.452. The molecular formula is C21H23N3O4. The maximum Gasteiger partial charge on any atom is 0.272 e. The van der Waals surface area contributed by atoms with Crippen LogP contribution in [0.4, 0.5) is 11.4 Å². The highest BCUT2D eigenvalue weighted by Crippen LogP contribution is 2.24. The van der Waals surface area contributed by atoms with Gasteiger partial charge in [0.25, 0.3) is 5.69 Å². The Bertz CT molecular complexity index is 843. The predicted molar refractivity (Wildman–Crippen MR) is 107 cm³/mol. The van der Waals surface area contributed by atoms with E-state index in [-0.39, 0.29) is 17.5 Å². The number of hydrogen-bond acceptors (Lipinski definition) is 5. The second kappa shape index (κ2) is 9.12. The van der Waals surface area contributed by atoms with Gasteiger partial charge in [-0.15, -0.1) is 0 Å². The fourth-order valence-corrected chi connectivity index (χ4v) is 3.53. The Morgan fingerprint density at radius 2 is 1.82 bits per heavy atom. The van der Waals surface area contributed by atoms with E-state index in [1.54, 1.807) is 30.3 Å². The Balaban J connectivity index is 1.46. The van der Waals surface area contributed by atoms with Gasteiger partial charge in [-0.1, -0.05) is 18.2 Å². The normalized spacial score (nSPS) is 14.5. The van der Waals surface area contributed by atoms with Gasteiger partial charge < -0.3 is 10.2 Å². The van der Waals surface area contributed by atoms with Gasteiger partial charge in [0.2, 0.25) is 5.91 Å². The molecule has 1 aliphatic rings. The molecule has 0 atom stereocenters. The molecule has 0 spiro atoms. The zero-order valence-electron chi connectivity index (χ0n) is 15.5. The van der Waals surface area contributed by atoms with Crippen molar-refractivity contribution < 1.29 is 14.5 Å². The van der Waals surface area contributed by atoms with Crippen LogP contribution in [0.15, 0.2) is 48.5 Å². The predicted octanol–water partition coefficient (Wildman–Crippen LogP) is 2.98. The number of anilines is 1. The number of nitro benzene ring substituents is 1. The first kappa shape index (κ1) is 19.5. The summed E-state index contributed by atoms with van der Waals surface area (Å²) in [5.41, 5.74) is 2.42. The molecule has 1 N–H and O–H groups in total. The van der Waals surface area contributed by atoms with Crippen molar-refractivity contribution in [3.05, 3.63) is 69.8 Å². The Kier molecular flexibility index (Phi) is 6.37. The van der Waals surface area contributed by atoms with Gasteiger partial charge in [-0.25, -0.2) is 0 Å². The SMILES string of the molecule is O=Cc1ccc(N2CCC(C(=O)NCCc3ccccc3[N+](=O)[O-])CC2)cc1. The van der Waals surface area contributed by atoms with Crippen LogP contribution in [0.3, 0.4) is 0 Å². The fraction of sp³-hybridized carbons (Fsp3) is 0.333. The first-order valence-corrected chi connectivity index (χ1v) is 9.38. The molecule has 3 rings (SSSR count). The Hall–Kier alpha value is -3.22. The van der Waals surface area contributed by atoms with Crippen LogP contribution in [0, 0.1) is 16.0 Å². The minimum atomic E-state index is -0.394. The number of para-hydroxylation sites is 1. The van der Waals surface area contributed by atoms with Crippen LogP contribution in [-0.2, 0) is 11.2 Å². The smallest absolute Gasteiger partial charge is 0.272 e. The number of nitrogens with one attached hydrogen (secondary N) is 1. The van der Waals surface area contributed by atoms with Gasteiger partial charge in [-0.3, -0.25) is 19.7 Å². The lowest BCUT2D eigenvalue weighted by Crippen LogP contribution is -2.41. The molecule has 0 radical (unpaired) electrons. The lowest BCUT2D eigenvalue weighted by Gasteiger charge is -2.33. The Morgan fingerprint density at radius 3 is 2.46 bits per heavy atom. The van der Waals surface area contributed by atoms with Crippen molar-refractivity contribution in [1.82, 2.24) is 5.32 Å². The largest absolute Gasteiger partial charge is 0.371 e. The van der Waals surface area contributed by atoms with Crippen LogP contribution in [0.2, 0.25) is 0 Å². The molecular weight excluding hydrogens is 358 g/mol. The molecule has 1 fully saturated rings. The molecule has 0 unspecified atom stereocenters. The number of carbonyl (C=O) groups is 2. The van der Waals surface area contributed by atoms with Crippen molar-refractivity contribution in [3.63, 3.8) is 0 Å². The van der Waals surface area contributed by atoms with Crippen molar-refractivity contribution in [3.8, 4) is 0 Å². The van der Waals surface area contributed by atoms with E-state index >= 15 is 0 Å². The summed E-state index contributed by atoms with van der Waals surface area (Å²) >= 11 is 0. The minimum absolute atomic E-state index is 0.00883. The Morgan fingerprint density at radius 1 is 1.14 bits per heavy atom. The summed E-state index contributed by atoms with van der Waals surface area (Å²) in [6.45, 7) is 1.95. The lowest BCUT2D eigenvalue weighted by molar-refractivity contribution is -0.385. The minimum Gasteiger partial charge on any atom is -0.371 e. The summed E-state index contributed by atoms with van der Waals surface area (Å²) in [6, 6.07) is 14.1. The molecule has 146 valence electrons. The number of carbonyl (C=O) groups excluding carboxylic acids is 2.